The number of hydrogen-bond acceptors (Lipinski definition) is 2. The first-order chi connectivity index (χ1) is 4.34. The summed E-state index contributed by atoms with van der Waals surface area (Å²) >= 11 is 1.11. The first-order valence-corrected chi connectivity index (χ1v) is 3.23. The maximum absolute atomic E-state index is 9.00. The molecule has 0 heterocycles. The topological polar surface area (TPSA) is 29.5 Å². The van der Waals surface area contributed by atoms with E-state index >= 15 is 0 Å². The van der Waals surface area contributed by atoms with E-state index in [1.807, 2.05) is 6.07 Å². The molecule has 0 bridgehead atoms. The van der Waals surface area contributed by atoms with Crippen LogP contribution in [0.4, 0.5) is 0 Å². The summed E-state index contributed by atoms with van der Waals surface area (Å²) in [5.74, 6) is 0.736. The van der Waals surface area contributed by atoms with Gasteiger partial charge in [-0.05, 0) is 0 Å². The number of para-hydroxylation sites is 2. The van der Waals surface area contributed by atoms with Crippen LogP contribution in [-0.4, -0.2) is 5.11 Å². The molecule has 0 aromatic heterocycles. The van der Waals surface area contributed by atoms with E-state index in [9.17, 15) is 0 Å². The Labute approximate surface area is 68.6 Å². The second-order valence-corrected chi connectivity index (χ2v) is 1.95. The predicted octanol–water partition coefficient (Wildman–Crippen LogP) is 1.23. The van der Waals surface area contributed by atoms with Gasteiger partial charge in [-0.3, -0.25) is 0 Å². The average Bonchev–Trinajstić information content (AvgIpc) is 1.89. The van der Waals surface area contributed by atoms with Crippen molar-refractivity contribution < 1.29 is 32.8 Å². The molecule has 0 aliphatic carbocycles. The fraction of sp³-hybridized carbons (Fsp3) is 0. The molecule has 44 valence electrons. The first-order valence-electron chi connectivity index (χ1n) is 2.49. The van der Waals surface area contributed by atoms with Crippen LogP contribution in [0.5, 0.6) is 11.5 Å². The zero-order chi connectivity index (χ0) is 6.69. The predicted molar refractivity (Wildman–Crippen MR) is 28.7 cm³/mol. The summed E-state index contributed by atoms with van der Waals surface area (Å²) in [6, 6.07) is 6.88. The van der Waals surface area contributed by atoms with Gasteiger partial charge in [0.2, 0.25) is 0 Å². The van der Waals surface area contributed by atoms with Crippen LogP contribution >= 0.6 is 0 Å². The summed E-state index contributed by atoms with van der Waals surface area (Å²) in [4.78, 5) is 0. The summed E-state index contributed by atoms with van der Waals surface area (Å²) in [5.41, 5.74) is 0. The summed E-state index contributed by atoms with van der Waals surface area (Å²) in [6.45, 7) is 0. The zero-order valence-corrected chi connectivity index (χ0v) is 6.55. The summed E-state index contributed by atoms with van der Waals surface area (Å²) < 4.78 is 4.86. The molecule has 1 rings (SSSR count). The van der Waals surface area contributed by atoms with E-state index < -0.39 is 0 Å². The molecular formula is C6H5O2Sc. The van der Waals surface area contributed by atoms with E-state index in [4.69, 9.17) is 7.96 Å². The van der Waals surface area contributed by atoms with Crippen molar-refractivity contribution in [1.82, 2.24) is 0 Å². The third kappa shape index (κ3) is 1.55. The van der Waals surface area contributed by atoms with Crippen molar-refractivity contribution >= 4 is 0 Å². The zero-order valence-electron chi connectivity index (χ0n) is 4.74. The van der Waals surface area contributed by atoms with E-state index in [2.05, 4.69) is 0 Å². The molecule has 0 atom stereocenters. The Morgan fingerprint density at radius 1 is 1.33 bits per heavy atom. The van der Waals surface area contributed by atoms with Gasteiger partial charge in [0, 0.05) is 0 Å². The van der Waals surface area contributed by atoms with Crippen LogP contribution in [0, 0.1) is 0 Å². The summed E-state index contributed by atoms with van der Waals surface area (Å²) in [6.07, 6.45) is 0. The average molecular weight is 154 g/mol. The Hall–Kier alpha value is -0.310. The number of phenols is 1. The van der Waals surface area contributed by atoms with Crippen molar-refractivity contribution in [3.8, 4) is 11.5 Å². The van der Waals surface area contributed by atoms with E-state index in [0.29, 0.717) is 5.75 Å². The molecule has 3 heteroatoms. The standard InChI is InChI=1S/C6H6O2.Sc/c7-5-3-1-2-4-6(5)8;/h1-4,7-8H;/q;+1/p-1. The summed E-state index contributed by atoms with van der Waals surface area (Å²) in [5, 5.41) is 9.00. The normalized spacial score (nSPS) is 8.78. The van der Waals surface area contributed by atoms with E-state index in [-0.39, 0.29) is 5.75 Å². The summed E-state index contributed by atoms with van der Waals surface area (Å²) in [7, 11) is 0. The van der Waals surface area contributed by atoms with Crippen molar-refractivity contribution in [3.63, 3.8) is 0 Å². The van der Waals surface area contributed by atoms with Crippen LogP contribution in [0.15, 0.2) is 24.3 Å². The molecule has 1 aromatic rings. The molecule has 0 saturated heterocycles. The molecule has 0 aliphatic heterocycles. The van der Waals surface area contributed by atoms with Crippen LogP contribution in [0.25, 0.3) is 0 Å². The fourth-order valence-corrected chi connectivity index (χ4v) is 0.868. The quantitative estimate of drug-likeness (QED) is 0.659. The van der Waals surface area contributed by atoms with Crippen molar-refractivity contribution in [2.75, 3.05) is 0 Å². The second kappa shape index (κ2) is 3.01. The molecule has 9 heavy (non-hydrogen) atoms. The molecule has 2 nitrogen and oxygen atoms in total. The molecule has 0 spiro atoms. The van der Waals surface area contributed by atoms with Gasteiger partial charge in [0.25, 0.3) is 0 Å². The Kier molecular flexibility index (Phi) is 2.28. The molecule has 0 unspecified atom stereocenters. The van der Waals surface area contributed by atoms with Crippen LogP contribution in [0.3, 0.4) is 0 Å². The van der Waals surface area contributed by atoms with E-state index in [0.717, 1.165) is 24.8 Å². The molecule has 0 saturated carbocycles. The molecule has 1 aromatic carbocycles. The monoisotopic (exact) mass is 154 g/mol. The van der Waals surface area contributed by atoms with Crippen molar-refractivity contribution in [3.05, 3.63) is 24.3 Å². The van der Waals surface area contributed by atoms with Crippen molar-refractivity contribution in [1.29, 1.82) is 0 Å². The van der Waals surface area contributed by atoms with Crippen LogP contribution < -0.4 is 2.85 Å². The molecule has 0 radical (unpaired) electrons. The molecule has 0 aliphatic rings. The number of aromatic hydroxyl groups is 1. The minimum absolute atomic E-state index is 0.196. The van der Waals surface area contributed by atoms with Gasteiger partial charge in [-0.1, -0.05) is 0 Å². The third-order valence-electron chi connectivity index (χ3n) is 0.992. The van der Waals surface area contributed by atoms with E-state index in [1.54, 1.807) is 18.2 Å². The van der Waals surface area contributed by atoms with Gasteiger partial charge in [0.15, 0.2) is 0 Å². The van der Waals surface area contributed by atoms with Crippen molar-refractivity contribution in [2.24, 2.45) is 0 Å². The van der Waals surface area contributed by atoms with Gasteiger partial charge in [0.05, 0.1) is 0 Å². The van der Waals surface area contributed by atoms with Gasteiger partial charge in [-0.15, -0.1) is 0 Å². The van der Waals surface area contributed by atoms with Crippen molar-refractivity contribution in [2.45, 2.75) is 0 Å². The Morgan fingerprint density at radius 2 is 2.00 bits per heavy atom. The number of hydrogen-bond donors (Lipinski definition) is 1. The number of benzene rings is 1. The SMILES string of the molecule is Oc1ccccc1[O][Sc]. The van der Waals surface area contributed by atoms with Crippen LogP contribution in [0.1, 0.15) is 0 Å². The number of phenolic OH excluding ortho intramolecular Hbond substituents is 1. The maximum atomic E-state index is 9.00. The second-order valence-electron chi connectivity index (χ2n) is 1.59. The van der Waals surface area contributed by atoms with Crippen LogP contribution in [0.2, 0.25) is 0 Å². The van der Waals surface area contributed by atoms with Gasteiger partial charge in [0.1, 0.15) is 0 Å². The Morgan fingerprint density at radius 3 is 2.44 bits per heavy atom. The fourth-order valence-electron chi connectivity index (χ4n) is 0.557. The molecule has 1 N–H and O–H groups in total. The molecular weight excluding hydrogens is 149 g/mol. The first kappa shape index (κ1) is 6.81. The number of rotatable bonds is 1. The third-order valence-corrected chi connectivity index (χ3v) is 1.39. The van der Waals surface area contributed by atoms with Gasteiger partial charge in [-0.2, -0.15) is 0 Å². The van der Waals surface area contributed by atoms with Gasteiger partial charge in [-0.25, -0.2) is 0 Å². The van der Waals surface area contributed by atoms with Gasteiger partial charge >= 0.3 is 68.5 Å². The minimum atomic E-state index is 0.196. The Bertz CT molecular complexity index is 200. The molecule has 0 fully saturated rings. The van der Waals surface area contributed by atoms with E-state index in [1.165, 1.54) is 0 Å². The van der Waals surface area contributed by atoms with Crippen LogP contribution in [-0.2, 0) is 24.8 Å². The Balaban J connectivity index is 3.01. The van der Waals surface area contributed by atoms with Gasteiger partial charge < -0.3 is 0 Å². The molecule has 0 amide bonds.